The molecule has 1 aromatic heterocycles. The van der Waals surface area contributed by atoms with Crippen molar-refractivity contribution in [2.45, 2.75) is 46.2 Å². The first-order valence-electron chi connectivity index (χ1n) is 13.3. The van der Waals surface area contributed by atoms with E-state index in [-0.39, 0.29) is 51.9 Å². The van der Waals surface area contributed by atoms with Crippen molar-refractivity contribution in [3.8, 4) is 45.8 Å². The molecule has 0 aliphatic rings. The molecule has 43 heavy (non-hydrogen) atoms. The lowest BCUT2D eigenvalue weighted by Crippen LogP contribution is -2.26. The average molecular weight is 597 g/mol. The summed E-state index contributed by atoms with van der Waals surface area (Å²) >= 11 is 0. The highest BCUT2D eigenvalue weighted by Crippen LogP contribution is 2.39. The van der Waals surface area contributed by atoms with Crippen LogP contribution in [0.3, 0.4) is 0 Å². The van der Waals surface area contributed by atoms with Gasteiger partial charge >= 0.3 is 0 Å². The highest BCUT2D eigenvalue weighted by Gasteiger charge is 2.23. The molecule has 11 nitrogen and oxygen atoms in total. The number of carbonyl (C=O) groups is 1. The van der Waals surface area contributed by atoms with Crippen molar-refractivity contribution in [1.29, 1.82) is 0 Å². The standard InChI is InChI=1S/C20H20O7.C12H16O4/c1-10(2)26-20-18(23)17-14(22)8-12(24-3)9-16(17)27-19(20)11-5-6-13(21)15(7-11)25-4;1-8(2)16-12(14)11(13)9-4-6-10(15-3)7-5-9/h5-10,21-22H,1-4H3;4-8,12,14H,1-3H3. The zero-order valence-corrected chi connectivity index (χ0v) is 25.0. The first kappa shape index (κ1) is 32.8. The van der Waals surface area contributed by atoms with E-state index in [0.29, 0.717) is 22.6 Å². The highest BCUT2D eigenvalue weighted by atomic mass is 16.6. The van der Waals surface area contributed by atoms with E-state index in [1.54, 1.807) is 65.1 Å². The fraction of sp³-hybridized carbons (Fsp3) is 0.312. The fourth-order valence-corrected chi connectivity index (χ4v) is 3.94. The average Bonchev–Trinajstić information content (AvgIpc) is 2.97. The molecular weight excluding hydrogens is 560 g/mol. The summed E-state index contributed by atoms with van der Waals surface area (Å²) in [5, 5.41) is 29.5. The van der Waals surface area contributed by atoms with Gasteiger partial charge < -0.3 is 43.4 Å². The summed E-state index contributed by atoms with van der Waals surface area (Å²) in [5.41, 5.74) is 0.512. The van der Waals surface area contributed by atoms with Crippen molar-refractivity contribution in [2.75, 3.05) is 21.3 Å². The van der Waals surface area contributed by atoms with Crippen molar-refractivity contribution in [2.24, 2.45) is 0 Å². The van der Waals surface area contributed by atoms with Crippen molar-refractivity contribution < 1.29 is 48.2 Å². The van der Waals surface area contributed by atoms with Crippen LogP contribution >= 0.6 is 0 Å². The van der Waals surface area contributed by atoms with Crippen molar-refractivity contribution in [3.05, 3.63) is 70.4 Å². The maximum atomic E-state index is 13.0. The summed E-state index contributed by atoms with van der Waals surface area (Å²) in [6, 6.07) is 13.9. The molecule has 4 aromatic rings. The molecule has 0 spiro atoms. The van der Waals surface area contributed by atoms with Gasteiger partial charge in [-0.2, -0.15) is 0 Å². The lowest BCUT2D eigenvalue weighted by atomic mass is 10.1. The van der Waals surface area contributed by atoms with Crippen LogP contribution in [0.1, 0.15) is 38.1 Å². The van der Waals surface area contributed by atoms with Crippen LogP contribution in [0.2, 0.25) is 0 Å². The third-order valence-electron chi connectivity index (χ3n) is 5.94. The SMILES string of the molecule is COc1cc(O)c2c(=O)c(OC(C)C)c(-c3ccc(O)c(OC)c3)oc2c1.COc1ccc(C(=O)C(O)OC(C)C)cc1. The molecule has 230 valence electrons. The predicted molar refractivity (Wildman–Crippen MR) is 160 cm³/mol. The Bertz CT molecular complexity index is 1600. The van der Waals surface area contributed by atoms with E-state index in [1.807, 2.05) is 0 Å². The van der Waals surface area contributed by atoms with Crippen LogP contribution in [-0.2, 0) is 4.74 Å². The summed E-state index contributed by atoms with van der Waals surface area (Å²) in [4.78, 5) is 24.7. The maximum absolute atomic E-state index is 13.0. The zero-order chi connectivity index (χ0) is 31.8. The lowest BCUT2D eigenvalue weighted by Gasteiger charge is -2.15. The summed E-state index contributed by atoms with van der Waals surface area (Å²) in [5.74, 6) is 0.593. The number of hydrogen-bond acceptors (Lipinski definition) is 11. The molecule has 0 amide bonds. The second kappa shape index (κ2) is 14.4. The second-order valence-corrected chi connectivity index (χ2v) is 9.79. The van der Waals surface area contributed by atoms with E-state index < -0.39 is 17.5 Å². The van der Waals surface area contributed by atoms with Crippen molar-refractivity contribution >= 4 is 16.8 Å². The number of methoxy groups -OCH3 is 3. The minimum Gasteiger partial charge on any atom is -0.507 e. The molecule has 0 saturated heterocycles. The molecule has 3 N–H and O–H groups in total. The monoisotopic (exact) mass is 596 g/mol. The fourth-order valence-electron chi connectivity index (χ4n) is 3.94. The maximum Gasteiger partial charge on any atom is 0.239 e. The number of ketones is 1. The van der Waals surface area contributed by atoms with Gasteiger partial charge in [0.2, 0.25) is 23.3 Å². The number of phenols is 2. The van der Waals surface area contributed by atoms with E-state index in [0.717, 1.165) is 0 Å². The van der Waals surface area contributed by atoms with E-state index >= 15 is 0 Å². The normalized spacial score (nSPS) is 11.6. The van der Waals surface area contributed by atoms with Crippen LogP contribution in [-0.4, -0.2) is 60.9 Å². The van der Waals surface area contributed by atoms with Gasteiger partial charge in [-0.15, -0.1) is 0 Å². The van der Waals surface area contributed by atoms with Crippen LogP contribution in [0.15, 0.2) is 63.8 Å². The minimum absolute atomic E-state index is 0.000873. The van der Waals surface area contributed by atoms with Crippen LogP contribution in [0.25, 0.3) is 22.3 Å². The molecule has 0 saturated carbocycles. The number of aliphatic hydroxyl groups is 1. The Labute approximate surface area is 248 Å². The van der Waals surface area contributed by atoms with Crippen molar-refractivity contribution in [3.63, 3.8) is 0 Å². The summed E-state index contributed by atoms with van der Waals surface area (Å²) < 4.78 is 31.8. The van der Waals surface area contributed by atoms with Crippen LogP contribution in [0.5, 0.6) is 34.5 Å². The van der Waals surface area contributed by atoms with Gasteiger partial charge in [0, 0.05) is 23.3 Å². The van der Waals surface area contributed by atoms with Crippen molar-refractivity contribution in [1.82, 2.24) is 0 Å². The number of benzene rings is 3. The smallest absolute Gasteiger partial charge is 0.239 e. The molecule has 1 atom stereocenters. The lowest BCUT2D eigenvalue weighted by molar-refractivity contribution is -0.0971. The first-order chi connectivity index (χ1) is 20.4. The Balaban J connectivity index is 0.000000271. The number of ether oxygens (including phenoxy) is 5. The van der Waals surface area contributed by atoms with Gasteiger partial charge in [-0.25, -0.2) is 0 Å². The third-order valence-corrected chi connectivity index (χ3v) is 5.94. The zero-order valence-electron chi connectivity index (χ0n) is 25.0. The van der Waals surface area contributed by atoms with Gasteiger partial charge in [-0.05, 0) is 70.2 Å². The molecule has 1 unspecified atom stereocenters. The molecule has 1 heterocycles. The van der Waals surface area contributed by atoms with E-state index in [2.05, 4.69) is 0 Å². The van der Waals surface area contributed by atoms with Gasteiger partial charge in [-0.1, -0.05) is 0 Å². The molecule has 4 rings (SSSR count). The number of carbonyl (C=O) groups excluding carboxylic acids is 1. The van der Waals surface area contributed by atoms with Crippen LogP contribution in [0.4, 0.5) is 0 Å². The summed E-state index contributed by atoms with van der Waals surface area (Å²) in [6.45, 7) is 7.06. The Morgan fingerprint density at radius 2 is 1.44 bits per heavy atom. The molecule has 0 aliphatic carbocycles. The quantitative estimate of drug-likeness (QED) is 0.161. The third kappa shape index (κ3) is 7.97. The van der Waals surface area contributed by atoms with E-state index in [4.69, 9.17) is 28.1 Å². The number of rotatable bonds is 10. The Hall–Kier alpha value is -4.74. The van der Waals surface area contributed by atoms with Gasteiger partial charge in [0.25, 0.3) is 0 Å². The molecule has 0 bridgehead atoms. The number of hydrogen-bond donors (Lipinski definition) is 3. The van der Waals surface area contributed by atoms with Gasteiger partial charge in [0.1, 0.15) is 28.2 Å². The second-order valence-electron chi connectivity index (χ2n) is 9.79. The number of aliphatic hydroxyl groups excluding tert-OH is 1. The number of aromatic hydroxyl groups is 2. The predicted octanol–water partition coefficient (Wildman–Crippen LogP) is 5.30. The largest absolute Gasteiger partial charge is 0.507 e. The highest BCUT2D eigenvalue weighted by molar-refractivity contribution is 5.98. The Morgan fingerprint density at radius 1 is 0.791 bits per heavy atom. The number of fused-ring (bicyclic) bond motifs is 1. The number of Topliss-reactive ketones (excluding diaryl/α,β-unsaturated/α-hetero) is 1. The van der Waals surface area contributed by atoms with Gasteiger partial charge in [0.05, 0.1) is 33.5 Å². The molecule has 0 aliphatic heterocycles. The van der Waals surface area contributed by atoms with Gasteiger partial charge in [-0.3, -0.25) is 9.59 Å². The molecule has 0 radical (unpaired) electrons. The topological polar surface area (TPSA) is 154 Å². The minimum atomic E-state index is -1.41. The molecule has 11 heteroatoms. The van der Waals surface area contributed by atoms with Crippen LogP contribution in [0, 0.1) is 0 Å². The molecule has 3 aromatic carbocycles. The molecular formula is C32H36O11. The summed E-state index contributed by atoms with van der Waals surface area (Å²) in [7, 11) is 4.41. The summed E-state index contributed by atoms with van der Waals surface area (Å²) in [6.07, 6.45) is -1.91. The Morgan fingerprint density at radius 3 is 2.00 bits per heavy atom. The van der Waals surface area contributed by atoms with E-state index in [9.17, 15) is 24.9 Å². The van der Waals surface area contributed by atoms with Crippen LogP contribution < -0.4 is 24.4 Å². The van der Waals surface area contributed by atoms with E-state index in [1.165, 1.54) is 38.5 Å². The van der Waals surface area contributed by atoms with Gasteiger partial charge in [0.15, 0.2) is 17.3 Å². The first-order valence-corrected chi connectivity index (χ1v) is 13.3. The number of phenolic OH excluding ortho intramolecular Hbond substituents is 2. The Kier molecular flexibility index (Phi) is 11.0. The molecule has 0 fully saturated rings.